The zero-order chi connectivity index (χ0) is 15.0. The Hall–Kier alpha value is -1.22. The summed E-state index contributed by atoms with van der Waals surface area (Å²) < 4.78 is 7.74. The molecule has 0 aliphatic heterocycles. The van der Waals surface area contributed by atoms with Crippen molar-refractivity contribution in [1.29, 1.82) is 0 Å². The van der Waals surface area contributed by atoms with Crippen LogP contribution in [0.5, 0.6) is 5.75 Å². The van der Waals surface area contributed by atoms with E-state index in [0.717, 1.165) is 28.5 Å². The lowest BCUT2D eigenvalue weighted by molar-refractivity contribution is 0.289. The summed E-state index contributed by atoms with van der Waals surface area (Å²) in [6, 6.07) is 6.59. The molecule has 1 aliphatic rings. The van der Waals surface area contributed by atoms with Gasteiger partial charge >= 0.3 is 0 Å². The minimum absolute atomic E-state index is 0.0808. The maximum Gasteiger partial charge on any atom is 0.127 e. The summed E-state index contributed by atoms with van der Waals surface area (Å²) in [4.78, 5) is 4.76. The topological polar surface area (TPSA) is 27.1 Å². The monoisotopic (exact) mass is 306 g/mol. The van der Waals surface area contributed by atoms with Gasteiger partial charge in [0.05, 0.1) is 23.5 Å². The second kappa shape index (κ2) is 5.88. The lowest BCUT2D eigenvalue weighted by Crippen LogP contribution is -2.19. The molecule has 3 rings (SSSR count). The standard InChI is InChI=1S/C17H23ClN2O/c1-11-4-6-13(7-5-11)20-16-10-14(21-3)8-9-15(16)19-17(20)12(2)18/h8-13H,4-7H2,1-3H3. The van der Waals surface area contributed by atoms with Crippen molar-refractivity contribution < 1.29 is 4.74 Å². The first-order chi connectivity index (χ1) is 10.1. The Morgan fingerprint density at radius 1 is 1.29 bits per heavy atom. The molecule has 1 aromatic carbocycles. The van der Waals surface area contributed by atoms with Crippen molar-refractivity contribution in [1.82, 2.24) is 9.55 Å². The number of hydrogen-bond acceptors (Lipinski definition) is 2. The lowest BCUT2D eigenvalue weighted by atomic mass is 9.87. The highest BCUT2D eigenvalue weighted by atomic mass is 35.5. The van der Waals surface area contributed by atoms with Gasteiger partial charge in [0.25, 0.3) is 0 Å². The van der Waals surface area contributed by atoms with Gasteiger partial charge in [0.1, 0.15) is 11.6 Å². The first-order valence-corrected chi connectivity index (χ1v) is 8.23. The highest BCUT2D eigenvalue weighted by molar-refractivity contribution is 6.20. The first kappa shape index (κ1) is 14.7. The van der Waals surface area contributed by atoms with Gasteiger partial charge in [-0.3, -0.25) is 0 Å². The Bertz CT molecular complexity index is 627. The molecule has 114 valence electrons. The number of benzene rings is 1. The van der Waals surface area contributed by atoms with Crippen molar-refractivity contribution in [2.45, 2.75) is 50.9 Å². The van der Waals surface area contributed by atoms with Gasteiger partial charge in [0, 0.05) is 12.1 Å². The molecule has 1 heterocycles. The van der Waals surface area contributed by atoms with Crippen LogP contribution >= 0.6 is 11.6 Å². The normalized spacial score (nSPS) is 24.2. The molecule has 1 atom stereocenters. The number of aromatic nitrogens is 2. The van der Waals surface area contributed by atoms with Gasteiger partial charge in [-0.15, -0.1) is 11.6 Å². The van der Waals surface area contributed by atoms with E-state index < -0.39 is 0 Å². The predicted octanol–water partition coefficient (Wildman–Crippen LogP) is 5.10. The first-order valence-electron chi connectivity index (χ1n) is 7.80. The quantitative estimate of drug-likeness (QED) is 0.738. The Labute approximate surface area is 131 Å². The third kappa shape index (κ3) is 2.76. The molecule has 0 spiro atoms. The van der Waals surface area contributed by atoms with E-state index in [9.17, 15) is 0 Å². The second-order valence-electron chi connectivity index (χ2n) is 6.22. The van der Waals surface area contributed by atoms with Crippen LogP contribution in [0.15, 0.2) is 18.2 Å². The van der Waals surface area contributed by atoms with Gasteiger partial charge < -0.3 is 9.30 Å². The van der Waals surface area contributed by atoms with Gasteiger partial charge in [-0.1, -0.05) is 6.92 Å². The molecule has 1 unspecified atom stereocenters. The molecule has 0 radical (unpaired) electrons. The number of halogens is 1. The molecule has 0 bridgehead atoms. The number of fused-ring (bicyclic) bond motifs is 1. The maximum absolute atomic E-state index is 6.39. The molecule has 21 heavy (non-hydrogen) atoms. The third-order valence-electron chi connectivity index (χ3n) is 4.63. The minimum atomic E-state index is -0.0808. The molecular formula is C17H23ClN2O. The Morgan fingerprint density at radius 2 is 2.00 bits per heavy atom. The number of alkyl halides is 1. The Kier molecular flexibility index (Phi) is 4.12. The summed E-state index contributed by atoms with van der Waals surface area (Å²) in [7, 11) is 1.70. The van der Waals surface area contributed by atoms with Crippen LogP contribution in [-0.4, -0.2) is 16.7 Å². The summed E-state index contributed by atoms with van der Waals surface area (Å²) in [5.41, 5.74) is 2.16. The number of ether oxygens (including phenoxy) is 1. The smallest absolute Gasteiger partial charge is 0.127 e. The summed E-state index contributed by atoms with van der Waals surface area (Å²) >= 11 is 6.39. The molecule has 0 amide bonds. The third-order valence-corrected chi connectivity index (χ3v) is 4.83. The SMILES string of the molecule is COc1ccc2nc(C(C)Cl)n(C3CCC(C)CC3)c2c1. The van der Waals surface area contributed by atoms with Crippen LogP contribution in [0.2, 0.25) is 0 Å². The fraction of sp³-hybridized carbons (Fsp3) is 0.588. The van der Waals surface area contributed by atoms with Crippen molar-refractivity contribution >= 4 is 22.6 Å². The molecule has 0 saturated heterocycles. The fourth-order valence-corrected chi connectivity index (χ4v) is 3.54. The summed E-state index contributed by atoms with van der Waals surface area (Å²) in [6.07, 6.45) is 4.98. The van der Waals surface area contributed by atoms with Crippen LogP contribution < -0.4 is 4.74 Å². The number of nitrogens with zero attached hydrogens (tertiary/aromatic N) is 2. The van der Waals surface area contributed by atoms with Crippen LogP contribution in [0.3, 0.4) is 0 Å². The van der Waals surface area contributed by atoms with Crippen LogP contribution in [0.1, 0.15) is 56.8 Å². The van der Waals surface area contributed by atoms with E-state index in [-0.39, 0.29) is 5.38 Å². The van der Waals surface area contributed by atoms with Crippen molar-refractivity contribution in [3.63, 3.8) is 0 Å². The van der Waals surface area contributed by atoms with Gasteiger partial charge in [-0.05, 0) is 50.7 Å². The molecule has 1 aromatic heterocycles. The molecule has 1 aliphatic carbocycles. The molecule has 0 N–H and O–H groups in total. The summed E-state index contributed by atoms with van der Waals surface area (Å²) in [5, 5.41) is -0.0808. The van der Waals surface area contributed by atoms with Crippen molar-refractivity contribution in [3.05, 3.63) is 24.0 Å². The molecule has 4 heteroatoms. The van der Waals surface area contributed by atoms with E-state index in [1.807, 2.05) is 19.1 Å². The van der Waals surface area contributed by atoms with E-state index in [4.69, 9.17) is 21.3 Å². The predicted molar refractivity (Wildman–Crippen MR) is 87.2 cm³/mol. The molecule has 1 saturated carbocycles. The zero-order valence-electron chi connectivity index (χ0n) is 13.0. The Morgan fingerprint density at radius 3 is 2.62 bits per heavy atom. The van der Waals surface area contributed by atoms with Crippen LogP contribution in [0, 0.1) is 5.92 Å². The molecule has 3 nitrogen and oxygen atoms in total. The maximum atomic E-state index is 6.39. The lowest BCUT2D eigenvalue weighted by Gasteiger charge is -2.29. The largest absolute Gasteiger partial charge is 0.497 e. The second-order valence-corrected chi connectivity index (χ2v) is 6.88. The van der Waals surface area contributed by atoms with Gasteiger partial charge in [0.2, 0.25) is 0 Å². The van der Waals surface area contributed by atoms with Gasteiger partial charge in [0.15, 0.2) is 0 Å². The summed E-state index contributed by atoms with van der Waals surface area (Å²) in [5.74, 6) is 2.70. The van der Waals surface area contributed by atoms with Gasteiger partial charge in [-0.25, -0.2) is 4.98 Å². The van der Waals surface area contributed by atoms with Crippen molar-refractivity contribution in [3.8, 4) is 5.75 Å². The van der Waals surface area contributed by atoms with E-state index in [1.54, 1.807) is 7.11 Å². The highest BCUT2D eigenvalue weighted by Gasteiger charge is 2.25. The number of methoxy groups -OCH3 is 1. The van der Waals surface area contributed by atoms with Crippen LogP contribution in [0.4, 0.5) is 0 Å². The fourth-order valence-electron chi connectivity index (χ4n) is 3.38. The average molecular weight is 307 g/mol. The van der Waals surface area contributed by atoms with Crippen LogP contribution in [0.25, 0.3) is 11.0 Å². The van der Waals surface area contributed by atoms with E-state index in [2.05, 4.69) is 17.6 Å². The highest BCUT2D eigenvalue weighted by Crippen LogP contribution is 2.37. The Balaban J connectivity index is 2.10. The molecule has 1 fully saturated rings. The van der Waals surface area contributed by atoms with E-state index in [0.29, 0.717) is 6.04 Å². The zero-order valence-corrected chi connectivity index (χ0v) is 13.7. The van der Waals surface area contributed by atoms with E-state index in [1.165, 1.54) is 25.7 Å². The van der Waals surface area contributed by atoms with Crippen molar-refractivity contribution in [2.75, 3.05) is 7.11 Å². The van der Waals surface area contributed by atoms with Crippen molar-refractivity contribution in [2.24, 2.45) is 5.92 Å². The van der Waals surface area contributed by atoms with Gasteiger partial charge in [-0.2, -0.15) is 0 Å². The number of rotatable bonds is 3. The minimum Gasteiger partial charge on any atom is -0.497 e. The molecule has 2 aromatic rings. The number of hydrogen-bond donors (Lipinski definition) is 0. The van der Waals surface area contributed by atoms with E-state index >= 15 is 0 Å². The number of imidazole rings is 1. The molecular weight excluding hydrogens is 284 g/mol. The van der Waals surface area contributed by atoms with Crippen LogP contribution in [-0.2, 0) is 0 Å². The summed E-state index contributed by atoms with van der Waals surface area (Å²) in [6.45, 7) is 4.35. The average Bonchev–Trinajstić information content (AvgIpc) is 2.86.